The van der Waals surface area contributed by atoms with Crippen LogP contribution >= 0.6 is 18.8 Å². The molecule has 0 saturated heterocycles. The van der Waals surface area contributed by atoms with Gasteiger partial charge in [0, 0.05) is 21.7 Å². The average Bonchev–Trinajstić information content (AvgIpc) is 3.21. The van der Waals surface area contributed by atoms with Crippen molar-refractivity contribution >= 4 is 34.7 Å². The van der Waals surface area contributed by atoms with Gasteiger partial charge in [0.15, 0.2) is 0 Å². The minimum absolute atomic E-state index is 0.804. The molecule has 3 aromatic rings. The lowest BCUT2D eigenvalue weighted by Gasteiger charge is -2.27. The summed E-state index contributed by atoms with van der Waals surface area (Å²) in [6.07, 6.45) is 0.804. The maximum Gasteiger partial charge on any atom is 0.109 e. The molecule has 0 fully saturated rings. The third kappa shape index (κ3) is 3.39. The van der Waals surface area contributed by atoms with Crippen LogP contribution in [0.4, 0.5) is 0 Å². The maximum atomic E-state index is 9.58. The second-order valence-corrected chi connectivity index (χ2v) is 10.3. The molecule has 27 heavy (non-hydrogen) atoms. The van der Waals surface area contributed by atoms with Gasteiger partial charge in [-0.1, -0.05) is 91.0 Å². The first-order chi connectivity index (χ1) is 13.3. The monoisotopic (exact) mass is 386 g/mol. The van der Waals surface area contributed by atoms with Crippen LogP contribution in [0.25, 0.3) is 0 Å². The molecule has 0 bridgehead atoms. The summed E-state index contributed by atoms with van der Waals surface area (Å²) >= 11 is 1.70. The maximum absolute atomic E-state index is 9.58. The SMILES string of the molecule is N#CC1=C(N=P(c2ccccc2)(c2ccccc2)c2ccccc2)SCC1. The smallest absolute Gasteiger partial charge is 0.109 e. The highest BCUT2D eigenvalue weighted by Crippen LogP contribution is 2.50. The fraction of sp³-hybridized carbons (Fsp3) is 0.0870. The van der Waals surface area contributed by atoms with Crippen LogP contribution in [0.3, 0.4) is 0 Å². The molecular formula is C23H19N2PS. The van der Waals surface area contributed by atoms with E-state index in [0.717, 1.165) is 22.8 Å². The normalized spacial score (nSPS) is 14.0. The van der Waals surface area contributed by atoms with Crippen molar-refractivity contribution in [3.8, 4) is 6.07 Å². The second kappa shape index (κ2) is 8.01. The quantitative estimate of drug-likeness (QED) is 0.589. The van der Waals surface area contributed by atoms with Crippen LogP contribution in [-0.4, -0.2) is 5.75 Å². The van der Waals surface area contributed by atoms with Gasteiger partial charge in [-0.05, 0) is 6.42 Å². The van der Waals surface area contributed by atoms with Crippen molar-refractivity contribution in [3.63, 3.8) is 0 Å². The zero-order valence-corrected chi connectivity index (χ0v) is 16.5. The highest BCUT2D eigenvalue weighted by atomic mass is 32.2. The number of thioether (sulfide) groups is 1. The Bertz CT molecular complexity index is 948. The minimum Gasteiger partial charge on any atom is -0.246 e. The molecule has 1 heterocycles. The zero-order valence-electron chi connectivity index (χ0n) is 14.8. The Kier molecular flexibility index (Phi) is 5.30. The van der Waals surface area contributed by atoms with Crippen LogP contribution in [0.2, 0.25) is 0 Å². The van der Waals surface area contributed by atoms with Gasteiger partial charge in [-0.2, -0.15) is 5.26 Å². The Balaban J connectivity index is 2.13. The van der Waals surface area contributed by atoms with Crippen molar-refractivity contribution < 1.29 is 0 Å². The van der Waals surface area contributed by atoms with Crippen LogP contribution in [0.5, 0.6) is 0 Å². The number of hydrogen-bond acceptors (Lipinski definition) is 3. The predicted molar refractivity (Wildman–Crippen MR) is 117 cm³/mol. The summed E-state index contributed by atoms with van der Waals surface area (Å²) in [4.78, 5) is 0. The number of nitrogens with zero attached hydrogens (tertiary/aromatic N) is 2. The summed E-state index contributed by atoms with van der Waals surface area (Å²) < 4.78 is 5.40. The molecule has 0 amide bonds. The minimum atomic E-state index is -2.26. The highest BCUT2D eigenvalue weighted by Gasteiger charge is 2.29. The van der Waals surface area contributed by atoms with Gasteiger partial charge in [-0.15, -0.1) is 11.8 Å². The first-order valence-corrected chi connectivity index (χ1v) is 11.6. The molecule has 2 nitrogen and oxygen atoms in total. The van der Waals surface area contributed by atoms with Crippen molar-refractivity contribution in [2.24, 2.45) is 4.74 Å². The van der Waals surface area contributed by atoms with Gasteiger partial charge in [-0.3, -0.25) is 0 Å². The Morgan fingerprint density at radius 1 is 0.741 bits per heavy atom. The van der Waals surface area contributed by atoms with Crippen molar-refractivity contribution in [1.82, 2.24) is 0 Å². The van der Waals surface area contributed by atoms with Crippen LogP contribution in [0.1, 0.15) is 6.42 Å². The molecule has 0 spiro atoms. The molecule has 4 heteroatoms. The van der Waals surface area contributed by atoms with Gasteiger partial charge in [-0.25, -0.2) is 4.74 Å². The molecule has 1 aliphatic rings. The molecule has 0 radical (unpaired) electrons. The fourth-order valence-electron chi connectivity index (χ4n) is 3.32. The van der Waals surface area contributed by atoms with Gasteiger partial charge in [0.1, 0.15) is 5.03 Å². The van der Waals surface area contributed by atoms with Crippen molar-refractivity contribution in [1.29, 1.82) is 5.26 Å². The lowest BCUT2D eigenvalue weighted by atomic mass is 10.2. The predicted octanol–water partition coefficient (Wildman–Crippen LogP) is 5.04. The van der Waals surface area contributed by atoms with Crippen LogP contribution in [-0.2, 0) is 0 Å². The van der Waals surface area contributed by atoms with Crippen molar-refractivity contribution in [3.05, 3.63) is 102 Å². The van der Waals surface area contributed by atoms with Gasteiger partial charge in [0.25, 0.3) is 0 Å². The van der Waals surface area contributed by atoms with Crippen molar-refractivity contribution in [2.45, 2.75) is 6.42 Å². The second-order valence-electron chi connectivity index (χ2n) is 6.24. The van der Waals surface area contributed by atoms with Crippen molar-refractivity contribution in [2.75, 3.05) is 5.75 Å². The molecule has 1 aliphatic heterocycles. The molecule has 132 valence electrons. The average molecular weight is 386 g/mol. The molecule has 4 rings (SSSR count). The van der Waals surface area contributed by atoms with E-state index in [4.69, 9.17) is 4.74 Å². The topological polar surface area (TPSA) is 36.1 Å². The first-order valence-electron chi connectivity index (χ1n) is 8.90. The highest BCUT2D eigenvalue weighted by molar-refractivity contribution is 8.03. The molecule has 0 aromatic heterocycles. The van der Waals surface area contributed by atoms with E-state index in [1.165, 1.54) is 15.9 Å². The number of rotatable bonds is 4. The molecular weight excluding hydrogens is 367 g/mol. The van der Waals surface area contributed by atoms with E-state index < -0.39 is 7.05 Å². The fourth-order valence-corrected chi connectivity index (χ4v) is 8.19. The largest absolute Gasteiger partial charge is 0.246 e. The Hall–Kier alpha value is -2.53. The van der Waals surface area contributed by atoms with Crippen LogP contribution < -0.4 is 15.9 Å². The van der Waals surface area contributed by atoms with E-state index >= 15 is 0 Å². The van der Waals surface area contributed by atoms with Crippen LogP contribution in [0.15, 0.2) is 106 Å². The lowest BCUT2D eigenvalue weighted by molar-refractivity contribution is 1.18. The van der Waals surface area contributed by atoms with E-state index in [1.54, 1.807) is 11.8 Å². The van der Waals surface area contributed by atoms with E-state index in [0.29, 0.717) is 0 Å². The molecule has 0 N–H and O–H groups in total. The molecule has 0 atom stereocenters. The number of benzene rings is 3. The number of nitriles is 1. The van der Waals surface area contributed by atoms with E-state index in [1.807, 2.05) is 18.2 Å². The number of allylic oxidation sites excluding steroid dienone is 1. The van der Waals surface area contributed by atoms with Gasteiger partial charge >= 0.3 is 0 Å². The Morgan fingerprint density at radius 3 is 1.59 bits per heavy atom. The number of hydrogen-bond donors (Lipinski definition) is 0. The summed E-state index contributed by atoms with van der Waals surface area (Å²) in [6, 6.07) is 34.0. The molecule has 0 unspecified atom stereocenters. The van der Waals surface area contributed by atoms with Gasteiger partial charge in [0.05, 0.1) is 18.7 Å². The van der Waals surface area contributed by atoms with Gasteiger partial charge in [0.2, 0.25) is 0 Å². The third-order valence-corrected chi connectivity index (χ3v) is 9.41. The standard InChI is InChI=1S/C23H19N2PS/c24-18-19-16-17-27-23(19)25-26(20-10-4-1-5-11-20,21-12-6-2-7-13-21)22-14-8-3-9-15-22/h1-15H,16-17H2. The van der Waals surface area contributed by atoms with Crippen LogP contribution in [0, 0.1) is 11.3 Å². The zero-order chi connectivity index (χ0) is 18.5. The first kappa shape index (κ1) is 17.9. The molecule has 3 aromatic carbocycles. The third-order valence-electron chi connectivity index (χ3n) is 4.61. The Morgan fingerprint density at radius 2 is 1.19 bits per heavy atom. The van der Waals surface area contributed by atoms with E-state index in [-0.39, 0.29) is 0 Å². The Labute approximate surface area is 164 Å². The molecule has 0 saturated carbocycles. The lowest BCUT2D eigenvalue weighted by Crippen LogP contribution is -2.25. The summed E-state index contributed by atoms with van der Waals surface area (Å²) in [5, 5.41) is 14.1. The molecule has 0 aliphatic carbocycles. The van der Waals surface area contributed by atoms with Gasteiger partial charge < -0.3 is 0 Å². The summed E-state index contributed by atoms with van der Waals surface area (Å²) in [7, 11) is -2.26. The van der Waals surface area contributed by atoms with E-state index in [9.17, 15) is 5.26 Å². The summed E-state index contributed by atoms with van der Waals surface area (Å²) in [6.45, 7) is 0. The summed E-state index contributed by atoms with van der Waals surface area (Å²) in [5.41, 5.74) is 0.812. The summed E-state index contributed by atoms with van der Waals surface area (Å²) in [5.74, 6) is 0.931. The van der Waals surface area contributed by atoms with E-state index in [2.05, 4.69) is 78.9 Å².